The van der Waals surface area contributed by atoms with Crippen LogP contribution in [0.1, 0.15) is 28.3 Å². The molecule has 0 aromatic heterocycles. The third-order valence-corrected chi connectivity index (χ3v) is 6.79. The highest BCUT2D eigenvalue weighted by atomic mass is 32.2. The lowest BCUT2D eigenvalue weighted by Crippen LogP contribution is -2.42. The number of fused-ring (bicyclic) bond motifs is 1. The first-order valence-electron chi connectivity index (χ1n) is 9.24. The van der Waals surface area contributed by atoms with Gasteiger partial charge in [0.2, 0.25) is 10.0 Å². The molecule has 146 valence electrons. The van der Waals surface area contributed by atoms with Gasteiger partial charge in [0.25, 0.3) is 0 Å². The number of aryl methyl sites for hydroxylation is 1. The van der Waals surface area contributed by atoms with Gasteiger partial charge in [-0.15, -0.1) is 0 Å². The molecule has 5 nitrogen and oxygen atoms in total. The largest absolute Gasteiger partial charge is 0.382 e. The molecule has 1 unspecified atom stereocenters. The second kappa shape index (κ2) is 8.97. The van der Waals surface area contributed by atoms with Crippen LogP contribution in [0.4, 0.5) is 0 Å². The van der Waals surface area contributed by atoms with E-state index < -0.39 is 10.0 Å². The van der Waals surface area contributed by atoms with E-state index >= 15 is 0 Å². The molecule has 1 aliphatic heterocycles. The van der Waals surface area contributed by atoms with Crippen molar-refractivity contribution in [1.82, 2.24) is 4.31 Å². The van der Waals surface area contributed by atoms with Crippen molar-refractivity contribution in [2.45, 2.75) is 19.4 Å². The first-order valence-corrected chi connectivity index (χ1v) is 10.8. The van der Waals surface area contributed by atoms with Crippen LogP contribution >= 0.6 is 0 Å². The minimum atomic E-state index is -3.46. The first-order chi connectivity index (χ1) is 13.0. The number of benzene rings is 2. The van der Waals surface area contributed by atoms with Crippen LogP contribution in [0.5, 0.6) is 0 Å². The van der Waals surface area contributed by atoms with Gasteiger partial charge in [0.1, 0.15) is 0 Å². The Bertz CT molecular complexity index is 866. The van der Waals surface area contributed by atoms with Crippen LogP contribution in [0.2, 0.25) is 0 Å². The highest BCUT2D eigenvalue weighted by Crippen LogP contribution is 2.38. The molecule has 2 aromatic rings. The summed E-state index contributed by atoms with van der Waals surface area (Å²) in [4.78, 5) is 0. The normalized spacial score (nSPS) is 17.6. The maximum Gasteiger partial charge on any atom is 0.217 e. The van der Waals surface area contributed by atoms with Gasteiger partial charge in [-0.1, -0.05) is 48.5 Å². The maximum absolute atomic E-state index is 13.1. The second-order valence-electron chi connectivity index (χ2n) is 6.74. The average Bonchev–Trinajstić information content (AvgIpc) is 2.67. The second-order valence-corrected chi connectivity index (χ2v) is 8.78. The Labute approximate surface area is 162 Å². The van der Waals surface area contributed by atoms with Crippen LogP contribution in [0.25, 0.3) is 0 Å². The Morgan fingerprint density at radius 1 is 1.00 bits per heavy atom. The van der Waals surface area contributed by atoms with Crippen LogP contribution in [0, 0.1) is 6.92 Å². The number of sulfonamides is 1. The molecule has 0 radical (unpaired) electrons. The van der Waals surface area contributed by atoms with E-state index in [9.17, 15) is 8.42 Å². The zero-order valence-corrected chi connectivity index (χ0v) is 16.7. The summed E-state index contributed by atoms with van der Waals surface area (Å²) in [5, 5.41) is 0. The number of ether oxygens (including phenoxy) is 2. The Hall–Kier alpha value is -1.73. The number of hydrogen-bond acceptors (Lipinski definition) is 4. The summed E-state index contributed by atoms with van der Waals surface area (Å²) in [6.45, 7) is 3.55. The van der Waals surface area contributed by atoms with Crippen LogP contribution in [0.15, 0.2) is 48.5 Å². The minimum absolute atomic E-state index is 0.0265. The van der Waals surface area contributed by atoms with Crippen molar-refractivity contribution in [2.24, 2.45) is 0 Å². The lowest BCUT2D eigenvalue weighted by Gasteiger charge is -2.37. The molecule has 0 aliphatic carbocycles. The van der Waals surface area contributed by atoms with Crippen LogP contribution in [-0.2, 0) is 25.9 Å². The van der Waals surface area contributed by atoms with Crippen molar-refractivity contribution in [3.05, 3.63) is 70.8 Å². The third-order valence-electron chi connectivity index (χ3n) is 5.00. The van der Waals surface area contributed by atoms with Gasteiger partial charge in [0.05, 0.1) is 31.6 Å². The first kappa shape index (κ1) is 20.0. The van der Waals surface area contributed by atoms with E-state index in [1.165, 1.54) is 5.56 Å². The van der Waals surface area contributed by atoms with Crippen molar-refractivity contribution < 1.29 is 17.9 Å². The van der Waals surface area contributed by atoms with Gasteiger partial charge in [0, 0.05) is 13.7 Å². The molecular formula is C21H27NO4S. The van der Waals surface area contributed by atoms with Crippen LogP contribution in [-0.4, -0.2) is 52.0 Å². The van der Waals surface area contributed by atoms with E-state index in [-0.39, 0.29) is 18.4 Å². The monoisotopic (exact) mass is 389 g/mol. The molecule has 0 N–H and O–H groups in total. The lowest BCUT2D eigenvalue weighted by molar-refractivity contribution is 0.0780. The SMILES string of the molecule is COCCOCCS(=O)(=O)N1CCc2ccccc2C1c1ccccc1C. The molecule has 1 atom stereocenters. The number of rotatable bonds is 8. The van der Waals surface area contributed by atoms with Gasteiger partial charge < -0.3 is 9.47 Å². The van der Waals surface area contributed by atoms with E-state index in [4.69, 9.17) is 9.47 Å². The molecular weight excluding hydrogens is 362 g/mol. The topological polar surface area (TPSA) is 55.8 Å². The molecule has 2 aromatic carbocycles. The fourth-order valence-electron chi connectivity index (χ4n) is 3.59. The van der Waals surface area contributed by atoms with E-state index in [0.29, 0.717) is 19.8 Å². The predicted molar refractivity (Wildman–Crippen MR) is 106 cm³/mol. The summed E-state index contributed by atoms with van der Waals surface area (Å²) in [5.41, 5.74) is 4.42. The fraction of sp³-hybridized carbons (Fsp3) is 0.429. The highest BCUT2D eigenvalue weighted by molar-refractivity contribution is 7.89. The Morgan fingerprint density at radius 2 is 1.70 bits per heavy atom. The van der Waals surface area contributed by atoms with Crippen molar-refractivity contribution in [3.8, 4) is 0 Å². The summed E-state index contributed by atoms with van der Waals surface area (Å²) in [6, 6.07) is 15.9. The number of hydrogen-bond donors (Lipinski definition) is 0. The van der Waals surface area contributed by atoms with Crippen LogP contribution in [0.3, 0.4) is 0 Å². The van der Waals surface area contributed by atoms with Gasteiger partial charge in [-0.2, -0.15) is 4.31 Å². The Morgan fingerprint density at radius 3 is 2.44 bits per heavy atom. The van der Waals surface area contributed by atoms with Gasteiger partial charge in [-0.05, 0) is 35.6 Å². The van der Waals surface area contributed by atoms with Gasteiger partial charge in [-0.3, -0.25) is 0 Å². The van der Waals surface area contributed by atoms with Gasteiger partial charge >= 0.3 is 0 Å². The fourth-order valence-corrected chi connectivity index (χ4v) is 5.07. The minimum Gasteiger partial charge on any atom is -0.382 e. The molecule has 3 rings (SSSR count). The molecule has 0 saturated carbocycles. The summed E-state index contributed by atoms with van der Waals surface area (Å²) in [7, 11) is -1.86. The highest BCUT2D eigenvalue weighted by Gasteiger charge is 2.36. The third kappa shape index (κ3) is 4.58. The molecule has 1 aliphatic rings. The summed E-state index contributed by atoms with van der Waals surface area (Å²) < 4.78 is 38.3. The Kier molecular flexibility index (Phi) is 6.65. The zero-order valence-electron chi connectivity index (χ0n) is 15.9. The van der Waals surface area contributed by atoms with E-state index in [1.807, 2.05) is 49.4 Å². The standard InChI is InChI=1S/C21H27NO4S/c1-17-7-3-5-9-19(17)21-20-10-6-4-8-18(20)11-12-22(21)27(23,24)16-15-26-14-13-25-2/h3-10,21H,11-16H2,1-2H3. The molecule has 27 heavy (non-hydrogen) atoms. The van der Waals surface area contributed by atoms with E-state index in [2.05, 4.69) is 6.07 Å². The molecule has 0 fully saturated rings. The summed E-state index contributed by atoms with van der Waals surface area (Å²) >= 11 is 0. The molecule has 6 heteroatoms. The number of nitrogens with zero attached hydrogens (tertiary/aromatic N) is 1. The molecule has 0 bridgehead atoms. The average molecular weight is 390 g/mol. The molecule has 0 spiro atoms. The molecule has 0 saturated heterocycles. The number of methoxy groups -OCH3 is 1. The quantitative estimate of drug-likeness (QED) is 0.652. The van der Waals surface area contributed by atoms with Gasteiger partial charge in [-0.25, -0.2) is 8.42 Å². The maximum atomic E-state index is 13.1. The molecule has 1 heterocycles. The zero-order chi connectivity index (χ0) is 19.3. The smallest absolute Gasteiger partial charge is 0.217 e. The van der Waals surface area contributed by atoms with Crippen molar-refractivity contribution in [3.63, 3.8) is 0 Å². The summed E-state index contributed by atoms with van der Waals surface area (Å²) in [6.07, 6.45) is 0.725. The van der Waals surface area contributed by atoms with E-state index in [1.54, 1.807) is 11.4 Å². The van der Waals surface area contributed by atoms with E-state index in [0.717, 1.165) is 23.1 Å². The predicted octanol–water partition coefficient (Wildman–Crippen LogP) is 2.94. The lowest BCUT2D eigenvalue weighted by atomic mass is 9.88. The molecule has 0 amide bonds. The van der Waals surface area contributed by atoms with Crippen molar-refractivity contribution in [1.29, 1.82) is 0 Å². The van der Waals surface area contributed by atoms with Gasteiger partial charge in [0.15, 0.2) is 0 Å². The van der Waals surface area contributed by atoms with Crippen molar-refractivity contribution in [2.75, 3.05) is 39.2 Å². The Balaban J connectivity index is 1.91. The summed E-state index contributed by atoms with van der Waals surface area (Å²) in [5.74, 6) is -0.0265. The van der Waals surface area contributed by atoms with Crippen molar-refractivity contribution >= 4 is 10.0 Å². The van der Waals surface area contributed by atoms with Crippen LogP contribution < -0.4 is 0 Å².